The highest BCUT2D eigenvalue weighted by molar-refractivity contribution is 5.74. The summed E-state index contributed by atoms with van der Waals surface area (Å²) in [6, 6.07) is 12.2. The molecular formula is C25H24F4N2O3. The number of nitrogens with zero attached hydrogens (tertiary/aromatic N) is 1. The van der Waals surface area contributed by atoms with Crippen LogP contribution in [-0.4, -0.2) is 29.0 Å². The Kier molecular flexibility index (Phi) is 7.26. The number of halogens is 4. The summed E-state index contributed by atoms with van der Waals surface area (Å²) in [5.41, 5.74) is 1.02. The minimum Gasteiger partial charge on any atom is -0.619 e. The molecule has 0 amide bonds. The number of aliphatic carboxylic acids is 1. The smallest absolute Gasteiger partial charge is 0.407 e. The summed E-state index contributed by atoms with van der Waals surface area (Å²) in [6.07, 6.45) is -2.63. The predicted octanol–water partition coefficient (Wildman–Crippen LogP) is 5.44. The number of alkyl halides is 4. The summed E-state index contributed by atoms with van der Waals surface area (Å²) < 4.78 is 55.9. The van der Waals surface area contributed by atoms with Crippen LogP contribution in [0.5, 0.6) is 0 Å². The number of aromatic nitrogens is 1. The first kappa shape index (κ1) is 25.2. The van der Waals surface area contributed by atoms with E-state index in [1.165, 1.54) is 36.7 Å². The Morgan fingerprint density at radius 3 is 1.68 bits per heavy atom. The maximum absolute atomic E-state index is 13.9. The molecular weight excluding hydrogens is 452 g/mol. The number of hydrogen-bond donors (Lipinski definition) is 2. The van der Waals surface area contributed by atoms with E-state index in [2.05, 4.69) is 5.32 Å². The molecule has 0 unspecified atom stereocenters. The molecule has 5 nitrogen and oxygen atoms in total. The van der Waals surface area contributed by atoms with E-state index >= 15 is 0 Å². The van der Waals surface area contributed by atoms with Crippen molar-refractivity contribution in [2.24, 2.45) is 0 Å². The van der Waals surface area contributed by atoms with Crippen LogP contribution in [0.25, 0.3) is 22.3 Å². The SMILES string of the molecule is CC(C)(F)C[C@H](N[C@@H](c1ccc(-c2ccc(-c3cc[n+]([O-])cc3)cc2)cc1)C(F)(F)F)C(=O)O. The molecule has 0 saturated heterocycles. The summed E-state index contributed by atoms with van der Waals surface area (Å²) in [7, 11) is 0. The fourth-order valence-electron chi connectivity index (χ4n) is 3.61. The molecule has 0 fully saturated rings. The van der Waals surface area contributed by atoms with Gasteiger partial charge in [0.1, 0.15) is 17.8 Å². The zero-order chi connectivity index (χ0) is 25.1. The molecule has 2 aromatic carbocycles. The van der Waals surface area contributed by atoms with Crippen molar-refractivity contribution in [3.05, 3.63) is 83.8 Å². The van der Waals surface area contributed by atoms with E-state index in [-0.39, 0.29) is 5.56 Å². The molecule has 1 heterocycles. The van der Waals surface area contributed by atoms with Gasteiger partial charge in [-0.05, 0) is 41.7 Å². The van der Waals surface area contributed by atoms with Crippen LogP contribution in [0.4, 0.5) is 17.6 Å². The molecule has 0 aliphatic carbocycles. The minimum absolute atomic E-state index is 0.175. The maximum Gasteiger partial charge on any atom is 0.407 e. The average Bonchev–Trinajstić information content (AvgIpc) is 2.76. The highest BCUT2D eigenvalue weighted by atomic mass is 19.4. The summed E-state index contributed by atoms with van der Waals surface area (Å²) in [5, 5.41) is 22.5. The normalized spacial score (nSPS) is 13.9. The second-order valence-corrected chi connectivity index (χ2v) is 8.60. The molecule has 0 radical (unpaired) electrons. The number of benzene rings is 2. The van der Waals surface area contributed by atoms with E-state index in [1.54, 1.807) is 12.1 Å². The monoisotopic (exact) mass is 476 g/mol. The topological polar surface area (TPSA) is 76.3 Å². The van der Waals surface area contributed by atoms with Gasteiger partial charge in [-0.1, -0.05) is 48.5 Å². The summed E-state index contributed by atoms with van der Waals surface area (Å²) in [6.45, 7) is 2.23. The number of carbonyl (C=O) groups is 1. The van der Waals surface area contributed by atoms with Crippen LogP contribution in [0, 0.1) is 5.21 Å². The first-order valence-electron chi connectivity index (χ1n) is 10.5. The van der Waals surface area contributed by atoms with Crippen molar-refractivity contribution < 1.29 is 32.2 Å². The molecule has 0 spiro atoms. The van der Waals surface area contributed by atoms with E-state index in [9.17, 15) is 32.7 Å². The van der Waals surface area contributed by atoms with Crippen LogP contribution >= 0.6 is 0 Å². The zero-order valence-electron chi connectivity index (χ0n) is 18.5. The van der Waals surface area contributed by atoms with Gasteiger partial charge >= 0.3 is 12.1 Å². The van der Waals surface area contributed by atoms with Gasteiger partial charge in [0.05, 0.1) is 0 Å². The first-order valence-corrected chi connectivity index (χ1v) is 10.5. The quantitative estimate of drug-likeness (QED) is 0.258. The third-order valence-corrected chi connectivity index (χ3v) is 5.28. The van der Waals surface area contributed by atoms with Crippen LogP contribution < -0.4 is 10.0 Å². The van der Waals surface area contributed by atoms with Crippen LogP contribution in [0.1, 0.15) is 31.9 Å². The largest absolute Gasteiger partial charge is 0.619 e. The molecule has 0 bridgehead atoms. The lowest BCUT2D eigenvalue weighted by molar-refractivity contribution is -0.605. The molecule has 2 N–H and O–H groups in total. The number of rotatable bonds is 8. The maximum atomic E-state index is 13.9. The fourth-order valence-corrected chi connectivity index (χ4v) is 3.61. The standard InChI is InChI=1S/C25H24F4N2O3/c1-24(2,26)15-21(23(32)33)30-22(25(27,28)29)20-9-7-17(8-10-20)16-3-5-18(6-4-16)19-11-13-31(34)14-12-19/h3-14,21-22,30H,15H2,1-2H3,(H,32,33)/t21-,22-/m0/s1. The molecule has 180 valence electrons. The number of carboxylic acid groups (broad SMARTS) is 1. The van der Waals surface area contributed by atoms with Gasteiger partial charge in [-0.15, -0.1) is 0 Å². The number of hydrogen-bond acceptors (Lipinski definition) is 3. The molecule has 1 aromatic heterocycles. The molecule has 0 aliphatic heterocycles. The van der Waals surface area contributed by atoms with Crippen molar-refractivity contribution >= 4 is 5.97 Å². The Hall–Kier alpha value is -3.46. The van der Waals surface area contributed by atoms with Gasteiger partial charge in [0.2, 0.25) is 0 Å². The van der Waals surface area contributed by atoms with Crippen molar-refractivity contribution in [1.29, 1.82) is 0 Å². The molecule has 9 heteroatoms. The van der Waals surface area contributed by atoms with Gasteiger partial charge in [0, 0.05) is 18.6 Å². The third-order valence-electron chi connectivity index (χ3n) is 5.28. The lowest BCUT2D eigenvalue weighted by Crippen LogP contribution is -2.47. The third kappa shape index (κ3) is 6.54. The second kappa shape index (κ2) is 9.80. The van der Waals surface area contributed by atoms with Crippen LogP contribution in [-0.2, 0) is 4.79 Å². The average molecular weight is 476 g/mol. The Morgan fingerprint density at radius 2 is 1.29 bits per heavy atom. The van der Waals surface area contributed by atoms with E-state index in [0.717, 1.165) is 30.5 Å². The van der Waals surface area contributed by atoms with Gasteiger partial charge < -0.3 is 10.3 Å². The van der Waals surface area contributed by atoms with Crippen LogP contribution in [0.3, 0.4) is 0 Å². The molecule has 0 aliphatic rings. The van der Waals surface area contributed by atoms with Gasteiger partial charge in [-0.3, -0.25) is 10.1 Å². The van der Waals surface area contributed by atoms with E-state index < -0.39 is 36.3 Å². The van der Waals surface area contributed by atoms with E-state index in [0.29, 0.717) is 10.3 Å². The Balaban J connectivity index is 1.82. The van der Waals surface area contributed by atoms with Gasteiger partial charge in [-0.25, -0.2) is 4.39 Å². The molecule has 3 aromatic rings. The molecule has 2 atom stereocenters. The Morgan fingerprint density at radius 1 is 0.882 bits per heavy atom. The number of nitrogens with one attached hydrogen (secondary N) is 1. The molecule has 34 heavy (non-hydrogen) atoms. The summed E-state index contributed by atoms with van der Waals surface area (Å²) >= 11 is 0. The van der Waals surface area contributed by atoms with Crippen LogP contribution in [0.2, 0.25) is 0 Å². The van der Waals surface area contributed by atoms with Crippen molar-refractivity contribution in [2.75, 3.05) is 0 Å². The van der Waals surface area contributed by atoms with Crippen LogP contribution in [0.15, 0.2) is 73.1 Å². The molecule has 0 saturated carbocycles. The summed E-state index contributed by atoms with van der Waals surface area (Å²) in [4.78, 5) is 11.4. The first-order chi connectivity index (χ1) is 15.8. The van der Waals surface area contributed by atoms with Crippen molar-refractivity contribution in [3.63, 3.8) is 0 Å². The fraction of sp³-hybridized carbons (Fsp3) is 0.280. The van der Waals surface area contributed by atoms with Crippen molar-refractivity contribution in [3.8, 4) is 22.3 Å². The molecule has 3 rings (SSSR count). The second-order valence-electron chi connectivity index (χ2n) is 8.60. The minimum atomic E-state index is -4.78. The Bertz CT molecular complexity index is 1110. The predicted molar refractivity (Wildman–Crippen MR) is 119 cm³/mol. The van der Waals surface area contributed by atoms with E-state index in [4.69, 9.17) is 0 Å². The Labute approximate surface area is 194 Å². The lowest BCUT2D eigenvalue weighted by Gasteiger charge is -2.28. The van der Waals surface area contributed by atoms with Gasteiger partial charge in [0.25, 0.3) is 0 Å². The van der Waals surface area contributed by atoms with Crippen molar-refractivity contribution in [1.82, 2.24) is 5.32 Å². The highest BCUT2D eigenvalue weighted by Crippen LogP contribution is 2.35. The van der Waals surface area contributed by atoms with Gasteiger partial charge in [0.15, 0.2) is 12.4 Å². The highest BCUT2D eigenvalue weighted by Gasteiger charge is 2.43. The van der Waals surface area contributed by atoms with Crippen molar-refractivity contribution in [2.45, 2.75) is 44.2 Å². The summed E-state index contributed by atoms with van der Waals surface area (Å²) in [5.74, 6) is -1.56. The lowest BCUT2D eigenvalue weighted by atomic mass is 9.96. The number of carboxylic acids is 1. The van der Waals surface area contributed by atoms with E-state index in [1.807, 2.05) is 24.3 Å². The number of pyridine rings is 1. The van der Waals surface area contributed by atoms with Gasteiger partial charge in [-0.2, -0.15) is 17.9 Å². The zero-order valence-corrected chi connectivity index (χ0v) is 18.5.